The van der Waals surface area contributed by atoms with Crippen molar-refractivity contribution in [2.45, 2.75) is 4.90 Å². The van der Waals surface area contributed by atoms with Crippen molar-refractivity contribution in [1.29, 1.82) is 0 Å². The first kappa shape index (κ1) is 43.8. The van der Waals surface area contributed by atoms with E-state index in [0.29, 0.717) is 24.3 Å². The molecule has 3 N–H and O–H groups in total. The van der Waals surface area contributed by atoms with Crippen LogP contribution in [-0.4, -0.2) is 45.9 Å². The molecule has 4 aromatic heterocycles. The number of aromatic nitrogens is 4. The van der Waals surface area contributed by atoms with Gasteiger partial charge >= 0.3 is 0 Å². The summed E-state index contributed by atoms with van der Waals surface area (Å²) in [6.07, 6.45) is 0.0426. The lowest BCUT2D eigenvalue weighted by Crippen LogP contribution is -2.07. The van der Waals surface area contributed by atoms with Crippen molar-refractivity contribution in [2.24, 2.45) is 0 Å². The van der Waals surface area contributed by atoms with E-state index in [1.807, 2.05) is 4.98 Å². The molecule has 27 heteroatoms. The number of nitrogens with one attached hydrogen (secondary N) is 3. The van der Waals surface area contributed by atoms with E-state index in [1.54, 1.807) is 0 Å². The molecular weight excluding hydrogens is 946 g/mol. The Morgan fingerprint density at radius 3 is 1.05 bits per heavy atom. The molecule has 10 nitrogen and oxygen atoms in total. The lowest BCUT2D eigenvalue weighted by molar-refractivity contribution is 0.381. The van der Waals surface area contributed by atoms with Crippen molar-refractivity contribution < 1.29 is 91.8 Å². The molecular formula is C37H9F15N4O6S2-2. The summed E-state index contributed by atoms with van der Waals surface area (Å²) in [5.41, 5.74) is -20.3. The van der Waals surface area contributed by atoms with Crippen LogP contribution in [0.1, 0.15) is 11.4 Å². The van der Waals surface area contributed by atoms with E-state index in [-0.39, 0.29) is 12.1 Å². The number of rotatable bonds is 5. The molecule has 8 rings (SSSR count). The summed E-state index contributed by atoms with van der Waals surface area (Å²) in [4.78, 5) is 6.40. The van der Waals surface area contributed by atoms with Crippen molar-refractivity contribution in [3.63, 3.8) is 0 Å². The zero-order chi connectivity index (χ0) is 47.0. The Bertz CT molecular complexity index is 3610. The summed E-state index contributed by atoms with van der Waals surface area (Å²) in [5, 5.41) is 0. The van der Waals surface area contributed by atoms with E-state index in [9.17, 15) is 65.5 Å². The molecule has 0 amide bonds. The predicted molar refractivity (Wildman–Crippen MR) is 187 cm³/mol. The highest BCUT2D eigenvalue weighted by molar-refractivity contribution is 7.95. The average molecular weight is 955 g/mol. The van der Waals surface area contributed by atoms with Crippen LogP contribution in [0.3, 0.4) is 0 Å². The third-order valence-corrected chi connectivity index (χ3v) is 11.4. The Kier molecular flexibility index (Phi) is 9.99. The third kappa shape index (κ3) is 6.39. The molecule has 0 radical (unpaired) electrons. The quantitative estimate of drug-likeness (QED) is 0.0667. The van der Waals surface area contributed by atoms with Gasteiger partial charge in [-0.05, 0) is 36.4 Å². The van der Waals surface area contributed by atoms with Gasteiger partial charge in [0.15, 0.2) is 69.8 Å². The Hall–Kier alpha value is -6.84. The first-order valence-corrected chi connectivity index (χ1v) is 19.5. The molecule has 3 aromatic carbocycles. The summed E-state index contributed by atoms with van der Waals surface area (Å²) < 4.78 is 303. The number of benzene rings is 3. The van der Waals surface area contributed by atoms with Gasteiger partial charge in [0.25, 0.3) is 0 Å². The van der Waals surface area contributed by atoms with Crippen LogP contribution < -0.4 is 0 Å². The largest absolute Gasteiger partial charge is 0.744 e. The first-order valence-electron chi connectivity index (χ1n) is 16.7. The molecule has 0 saturated carbocycles. The van der Waals surface area contributed by atoms with Crippen LogP contribution in [0.5, 0.6) is 0 Å². The van der Waals surface area contributed by atoms with E-state index in [4.69, 9.17) is 0 Å². The fourth-order valence-electron chi connectivity index (χ4n) is 6.91. The maximum absolute atomic E-state index is 15.7. The van der Waals surface area contributed by atoms with Crippen LogP contribution in [-0.2, 0) is 20.2 Å². The van der Waals surface area contributed by atoms with Gasteiger partial charge in [0.2, 0.25) is 17.5 Å². The van der Waals surface area contributed by atoms with Crippen LogP contribution in [0.2, 0.25) is 0 Å². The van der Waals surface area contributed by atoms with Crippen molar-refractivity contribution in [3.8, 4) is 33.4 Å². The van der Waals surface area contributed by atoms with Gasteiger partial charge in [-0.25, -0.2) is 87.7 Å². The molecule has 0 fully saturated rings. The Morgan fingerprint density at radius 2 is 0.703 bits per heavy atom. The molecule has 1 aliphatic heterocycles. The van der Waals surface area contributed by atoms with Crippen LogP contribution in [0, 0.1) is 87.3 Å². The highest BCUT2D eigenvalue weighted by Crippen LogP contribution is 2.44. The summed E-state index contributed by atoms with van der Waals surface area (Å²) in [6.45, 7) is 0. The van der Waals surface area contributed by atoms with Gasteiger partial charge in [-0.3, -0.25) is 0 Å². The number of aromatic amines is 3. The molecule has 0 atom stereocenters. The SMILES string of the molecule is O=S(=O)([O-])C1=Cc2nc1c(-c1c(F)c(F)c(F)c(F)c1F)c1ccc([nH]1)c(-c1c(F)c(F)c(F)c(F)c1F)c1ccc([nH]1)c(-c1c(F)c(F)c(F)c(F)c1F)c1cc(S(=O)(=O)[O-])c2[nH]1. The van der Waals surface area contributed by atoms with E-state index < -0.39 is 195 Å². The Labute approximate surface area is 342 Å². The number of halogens is 15. The van der Waals surface area contributed by atoms with Gasteiger partial charge in [-0.1, -0.05) is 0 Å². The fourth-order valence-corrected chi connectivity index (χ4v) is 8.22. The fraction of sp³-hybridized carbons (Fsp3) is 0. The van der Waals surface area contributed by atoms with Crippen LogP contribution in [0.15, 0.2) is 35.2 Å². The van der Waals surface area contributed by atoms with E-state index >= 15 is 26.3 Å². The molecule has 0 spiro atoms. The Morgan fingerprint density at radius 1 is 0.391 bits per heavy atom. The van der Waals surface area contributed by atoms with Crippen LogP contribution in [0.25, 0.3) is 77.5 Å². The Balaban J connectivity index is 1.77. The topological polar surface area (TPSA) is 175 Å². The van der Waals surface area contributed by atoms with Crippen molar-refractivity contribution >= 4 is 64.3 Å². The second-order valence-corrected chi connectivity index (χ2v) is 15.9. The molecule has 332 valence electrons. The summed E-state index contributed by atoms with van der Waals surface area (Å²) in [5.74, 6) is -40.8. The van der Waals surface area contributed by atoms with E-state index in [0.717, 1.165) is 0 Å². The predicted octanol–water partition coefficient (Wildman–Crippen LogP) is 9.56. The lowest BCUT2D eigenvalue weighted by atomic mass is 10.0. The zero-order valence-electron chi connectivity index (χ0n) is 29.8. The van der Waals surface area contributed by atoms with Gasteiger partial charge in [0.1, 0.15) is 20.2 Å². The minimum absolute atomic E-state index is 0.0426. The van der Waals surface area contributed by atoms with Crippen molar-refractivity contribution in [2.75, 3.05) is 0 Å². The monoisotopic (exact) mass is 954 g/mol. The lowest BCUT2D eigenvalue weighted by Gasteiger charge is -2.14. The van der Waals surface area contributed by atoms with Crippen molar-refractivity contribution in [1.82, 2.24) is 19.9 Å². The number of fused-ring (bicyclic) bond motifs is 9. The molecule has 0 unspecified atom stereocenters. The molecule has 5 heterocycles. The smallest absolute Gasteiger partial charge is 0.200 e. The summed E-state index contributed by atoms with van der Waals surface area (Å²) in [7, 11) is -12.3. The van der Waals surface area contributed by atoms with E-state index in [1.165, 1.54) is 0 Å². The standard InChI is InChI=1S/C37H11F15N4O6S2/c38-21-18(22(39)28(45)33(50)27(21)44)15-7-1-2-9(53-7)16(19-23(40)29(46)34(51)30(47)24(19)41)11-5-13(63(57,58)59)36(55-11)12-6-14(64(60,61)62)37(56-12)17(10-4-3-8(15)54-10)20-25(42)31(48)35(52)32(49)26(20)43/h1-6,53-55H,(H,57,58,59)(H,60,61,62)/p-2. The van der Waals surface area contributed by atoms with Gasteiger partial charge in [0.05, 0.1) is 48.9 Å². The highest BCUT2D eigenvalue weighted by Gasteiger charge is 2.35. The van der Waals surface area contributed by atoms with Crippen LogP contribution >= 0.6 is 0 Å². The second kappa shape index (κ2) is 14.6. The number of H-pyrrole nitrogens is 3. The average Bonchev–Trinajstić information content (AvgIpc) is 4.07. The molecule has 8 bridgehead atoms. The molecule has 0 saturated heterocycles. The summed E-state index contributed by atoms with van der Waals surface area (Å²) >= 11 is 0. The minimum Gasteiger partial charge on any atom is -0.744 e. The molecule has 0 aliphatic carbocycles. The minimum atomic E-state index is -6.21. The first-order chi connectivity index (χ1) is 29.8. The maximum Gasteiger partial charge on any atom is 0.200 e. The second-order valence-electron chi connectivity index (χ2n) is 13.2. The third-order valence-electron chi connectivity index (χ3n) is 9.64. The highest BCUT2D eigenvalue weighted by atomic mass is 32.2. The molecule has 7 aromatic rings. The number of hydrogen-bond acceptors (Lipinski definition) is 7. The normalized spacial score (nSPS) is 12.8. The van der Waals surface area contributed by atoms with E-state index in [2.05, 4.69) is 15.0 Å². The molecule has 1 aliphatic rings. The number of nitrogens with zero attached hydrogens (tertiary/aromatic N) is 1. The van der Waals surface area contributed by atoms with Crippen LogP contribution in [0.4, 0.5) is 65.9 Å². The van der Waals surface area contributed by atoms with Gasteiger partial charge < -0.3 is 24.1 Å². The molecule has 64 heavy (non-hydrogen) atoms. The van der Waals surface area contributed by atoms with Crippen molar-refractivity contribution in [3.05, 3.63) is 129 Å². The van der Waals surface area contributed by atoms with Gasteiger partial charge in [0, 0.05) is 38.8 Å². The maximum atomic E-state index is 15.7. The van der Waals surface area contributed by atoms with Gasteiger partial charge in [-0.15, -0.1) is 0 Å². The summed E-state index contributed by atoms with van der Waals surface area (Å²) in [6, 6.07) is 2.27. The number of hydrogen-bond donors (Lipinski definition) is 3. The van der Waals surface area contributed by atoms with Gasteiger partial charge in [-0.2, -0.15) is 0 Å². The zero-order valence-corrected chi connectivity index (χ0v) is 31.5.